The maximum atomic E-state index is 13.1. The van der Waals surface area contributed by atoms with Crippen molar-refractivity contribution in [3.63, 3.8) is 0 Å². The molecule has 1 atom stereocenters. The number of nitrogens with two attached hydrogens (primary N) is 1. The summed E-state index contributed by atoms with van der Waals surface area (Å²) >= 11 is 0. The molecule has 3 N–H and O–H groups in total. The number of aromatic nitrogens is 1. The van der Waals surface area contributed by atoms with E-state index in [-0.39, 0.29) is 17.3 Å². The van der Waals surface area contributed by atoms with Gasteiger partial charge in [0.05, 0.1) is 4.90 Å². The zero-order valence-corrected chi connectivity index (χ0v) is 17.0. The summed E-state index contributed by atoms with van der Waals surface area (Å²) in [6.07, 6.45) is 3.16. The zero-order chi connectivity index (χ0) is 21.7. The first-order valence-corrected chi connectivity index (χ1v) is 10.5. The van der Waals surface area contributed by atoms with Crippen LogP contribution in [0.15, 0.2) is 78.0 Å². The standard InChI is InChI=1S/C21H21FN4O3S/c1-26(30(28,29)19-8-6-17(22)7-9-19)14-20(23)15-2-4-16(5-3-15)21(27)25-18-10-12-24-13-11-18/h2-13,20H,14,23H2,1H3,(H,24,25,27). The van der Waals surface area contributed by atoms with Gasteiger partial charge in [0.2, 0.25) is 10.0 Å². The van der Waals surface area contributed by atoms with Crippen LogP contribution < -0.4 is 11.1 Å². The van der Waals surface area contributed by atoms with Gasteiger partial charge in [-0.15, -0.1) is 0 Å². The third-order valence-corrected chi connectivity index (χ3v) is 6.35. The van der Waals surface area contributed by atoms with Gasteiger partial charge < -0.3 is 11.1 Å². The molecule has 1 amide bonds. The number of hydrogen-bond acceptors (Lipinski definition) is 5. The Labute approximate surface area is 174 Å². The molecule has 0 fully saturated rings. The van der Waals surface area contributed by atoms with Crippen molar-refractivity contribution in [2.45, 2.75) is 10.9 Å². The summed E-state index contributed by atoms with van der Waals surface area (Å²) in [5.41, 5.74) is 7.92. The van der Waals surface area contributed by atoms with Crippen molar-refractivity contribution in [1.82, 2.24) is 9.29 Å². The highest BCUT2D eigenvalue weighted by atomic mass is 32.2. The number of benzene rings is 2. The van der Waals surface area contributed by atoms with Crippen LogP contribution in [0.25, 0.3) is 0 Å². The fourth-order valence-electron chi connectivity index (χ4n) is 2.79. The summed E-state index contributed by atoms with van der Waals surface area (Å²) in [7, 11) is -2.39. The van der Waals surface area contributed by atoms with Gasteiger partial charge in [-0.1, -0.05) is 12.1 Å². The third kappa shape index (κ3) is 5.07. The van der Waals surface area contributed by atoms with Gasteiger partial charge in [0.1, 0.15) is 5.82 Å². The van der Waals surface area contributed by atoms with E-state index in [1.54, 1.807) is 48.8 Å². The second-order valence-electron chi connectivity index (χ2n) is 6.66. The number of halogens is 1. The second-order valence-corrected chi connectivity index (χ2v) is 8.70. The molecule has 156 valence electrons. The van der Waals surface area contributed by atoms with E-state index in [4.69, 9.17) is 5.73 Å². The number of carbonyl (C=O) groups is 1. The van der Waals surface area contributed by atoms with Crippen LogP contribution in [0.4, 0.5) is 10.1 Å². The van der Waals surface area contributed by atoms with Gasteiger partial charge >= 0.3 is 0 Å². The van der Waals surface area contributed by atoms with Crippen LogP contribution in [0.1, 0.15) is 22.0 Å². The van der Waals surface area contributed by atoms with Crippen LogP contribution in [0.2, 0.25) is 0 Å². The molecule has 0 saturated carbocycles. The van der Waals surface area contributed by atoms with E-state index < -0.39 is 21.9 Å². The number of anilines is 1. The monoisotopic (exact) mass is 428 g/mol. The fraction of sp³-hybridized carbons (Fsp3) is 0.143. The number of pyridine rings is 1. The first-order valence-electron chi connectivity index (χ1n) is 9.06. The molecule has 30 heavy (non-hydrogen) atoms. The van der Waals surface area contributed by atoms with E-state index in [0.29, 0.717) is 16.8 Å². The van der Waals surface area contributed by atoms with Gasteiger partial charge in [-0.2, -0.15) is 4.31 Å². The molecular weight excluding hydrogens is 407 g/mol. The van der Waals surface area contributed by atoms with E-state index in [2.05, 4.69) is 10.3 Å². The molecule has 3 aromatic rings. The van der Waals surface area contributed by atoms with Crippen LogP contribution in [0, 0.1) is 5.82 Å². The summed E-state index contributed by atoms with van der Waals surface area (Å²) < 4.78 is 39.4. The summed E-state index contributed by atoms with van der Waals surface area (Å²) in [5.74, 6) is -0.793. The number of amides is 1. The number of sulfonamides is 1. The maximum absolute atomic E-state index is 13.1. The van der Waals surface area contributed by atoms with Crippen LogP contribution in [0.3, 0.4) is 0 Å². The molecule has 2 aromatic carbocycles. The minimum atomic E-state index is -3.80. The quantitative estimate of drug-likeness (QED) is 0.602. The molecule has 0 bridgehead atoms. The van der Waals surface area contributed by atoms with E-state index in [1.807, 2.05) is 0 Å². The highest BCUT2D eigenvalue weighted by Gasteiger charge is 2.23. The van der Waals surface area contributed by atoms with Crippen molar-refractivity contribution < 1.29 is 17.6 Å². The Kier molecular flexibility index (Phi) is 6.56. The van der Waals surface area contributed by atoms with E-state index in [0.717, 1.165) is 16.4 Å². The van der Waals surface area contributed by atoms with Crippen LogP contribution >= 0.6 is 0 Å². The van der Waals surface area contributed by atoms with Gasteiger partial charge in [-0.25, -0.2) is 12.8 Å². The van der Waals surface area contributed by atoms with Crippen molar-refractivity contribution in [1.29, 1.82) is 0 Å². The van der Waals surface area contributed by atoms with Gasteiger partial charge in [0, 0.05) is 43.3 Å². The van der Waals surface area contributed by atoms with E-state index in [1.165, 1.54) is 19.2 Å². The van der Waals surface area contributed by atoms with Crippen molar-refractivity contribution in [2.75, 3.05) is 18.9 Å². The highest BCUT2D eigenvalue weighted by Crippen LogP contribution is 2.19. The molecule has 1 heterocycles. The Morgan fingerprint density at radius 1 is 1.07 bits per heavy atom. The molecular formula is C21H21FN4O3S. The molecule has 7 nitrogen and oxygen atoms in total. The lowest BCUT2D eigenvalue weighted by molar-refractivity contribution is 0.102. The molecule has 1 aromatic heterocycles. The predicted molar refractivity (Wildman–Crippen MR) is 112 cm³/mol. The largest absolute Gasteiger partial charge is 0.323 e. The molecule has 0 aliphatic heterocycles. The fourth-order valence-corrected chi connectivity index (χ4v) is 3.98. The molecule has 0 radical (unpaired) electrons. The minimum absolute atomic E-state index is 0.0123. The Morgan fingerprint density at radius 3 is 2.27 bits per heavy atom. The lowest BCUT2D eigenvalue weighted by atomic mass is 10.1. The Hall–Kier alpha value is -3.14. The van der Waals surface area contributed by atoms with Crippen LogP contribution in [-0.4, -0.2) is 37.2 Å². The van der Waals surface area contributed by atoms with Gasteiger partial charge in [0.15, 0.2) is 0 Å². The van der Waals surface area contributed by atoms with Crippen molar-refractivity contribution in [2.24, 2.45) is 5.73 Å². The number of hydrogen-bond donors (Lipinski definition) is 2. The maximum Gasteiger partial charge on any atom is 0.255 e. The Balaban J connectivity index is 1.66. The SMILES string of the molecule is CN(CC(N)c1ccc(C(=O)Nc2ccncc2)cc1)S(=O)(=O)c1ccc(F)cc1. The summed E-state index contributed by atoms with van der Waals surface area (Å²) in [4.78, 5) is 16.2. The lowest BCUT2D eigenvalue weighted by Gasteiger charge is -2.21. The lowest BCUT2D eigenvalue weighted by Crippen LogP contribution is -2.34. The van der Waals surface area contributed by atoms with Gasteiger partial charge in [-0.05, 0) is 54.1 Å². The third-order valence-electron chi connectivity index (χ3n) is 4.51. The molecule has 0 spiro atoms. The van der Waals surface area contributed by atoms with Crippen LogP contribution in [-0.2, 0) is 10.0 Å². The number of likely N-dealkylation sites (N-methyl/N-ethyl adjacent to an activating group) is 1. The predicted octanol–water partition coefficient (Wildman–Crippen LogP) is 2.79. The number of rotatable bonds is 7. The molecule has 9 heteroatoms. The summed E-state index contributed by atoms with van der Waals surface area (Å²) in [5, 5.41) is 2.76. The highest BCUT2D eigenvalue weighted by molar-refractivity contribution is 7.89. The van der Waals surface area contributed by atoms with Crippen molar-refractivity contribution in [3.8, 4) is 0 Å². The average Bonchev–Trinajstić information content (AvgIpc) is 2.74. The topological polar surface area (TPSA) is 105 Å². The molecule has 3 rings (SSSR count). The number of nitrogens with one attached hydrogen (secondary N) is 1. The molecule has 0 aliphatic carbocycles. The molecule has 0 saturated heterocycles. The smallest absolute Gasteiger partial charge is 0.255 e. The van der Waals surface area contributed by atoms with Crippen molar-refractivity contribution >= 4 is 21.6 Å². The van der Waals surface area contributed by atoms with Gasteiger partial charge in [-0.3, -0.25) is 9.78 Å². The van der Waals surface area contributed by atoms with Crippen LogP contribution in [0.5, 0.6) is 0 Å². The first-order chi connectivity index (χ1) is 14.3. The number of nitrogens with zero attached hydrogens (tertiary/aromatic N) is 2. The Morgan fingerprint density at radius 2 is 1.67 bits per heavy atom. The zero-order valence-electron chi connectivity index (χ0n) is 16.2. The normalized spacial score (nSPS) is 12.5. The summed E-state index contributed by atoms with van der Waals surface area (Å²) in [6, 6.07) is 14.0. The second kappa shape index (κ2) is 9.12. The van der Waals surface area contributed by atoms with E-state index >= 15 is 0 Å². The molecule has 0 aliphatic rings. The average molecular weight is 428 g/mol. The Bertz CT molecular complexity index is 1110. The summed E-state index contributed by atoms with van der Waals surface area (Å²) in [6.45, 7) is 0.0161. The van der Waals surface area contributed by atoms with E-state index in [9.17, 15) is 17.6 Å². The number of carbonyl (C=O) groups excluding carboxylic acids is 1. The first kappa shape index (κ1) is 21.6. The van der Waals surface area contributed by atoms with Crippen molar-refractivity contribution in [3.05, 3.63) is 90.0 Å². The minimum Gasteiger partial charge on any atom is -0.323 e. The van der Waals surface area contributed by atoms with Gasteiger partial charge in [0.25, 0.3) is 5.91 Å². The molecule has 1 unspecified atom stereocenters.